The van der Waals surface area contributed by atoms with Gasteiger partial charge in [0.25, 0.3) is 0 Å². The standard InChI is InChI=1S/C18H27Cl/c1-3-5-8-15-9-11-16(12-10-15)17(19)18(4-2)13-6-7-14-18/h9-12,17H,3-8,13-14H2,1-2H3. The average molecular weight is 279 g/mol. The summed E-state index contributed by atoms with van der Waals surface area (Å²) < 4.78 is 0. The Hall–Kier alpha value is -0.490. The number of alkyl halides is 1. The zero-order valence-corrected chi connectivity index (χ0v) is 13.2. The molecule has 1 fully saturated rings. The number of rotatable bonds is 6. The Bertz CT molecular complexity index is 373. The minimum Gasteiger partial charge on any atom is -0.117 e. The molecule has 1 heteroatoms. The first-order valence-corrected chi connectivity index (χ1v) is 8.38. The van der Waals surface area contributed by atoms with Crippen molar-refractivity contribution in [3.8, 4) is 0 Å². The van der Waals surface area contributed by atoms with Gasteiger partial charge in [0.2, 0.25) is 0 Å². The van der Waals surface area contributed by atoms with Gasteiger partial charge in [-0.2, -0.15) is 0 Å². The smallest absolute Gasteiger partial charge is 0.0641 e. The summed E-state index contributed by atoms with van der Waals surface area (Å²) >= 11 is 6.83. The lowest BCUT2D eigenvalue weighted by atomic mass is 9.77. The predicted octanol–water partition coefficient (Wildman–Crippen LogP) is 6.28. The molecule has 0 aromatic heterocycles. The first-order chi connectivity index (χ1) is 9.22. The first kappa shape index (κ1) is 14.9. The third-order valence-electron chi connectivity index (χ3n) is 4.93. The maximum Gasteiger partial charge on any atom is 0.0641 e. The highest BCUT2D eigenvalue weighted by Crippen LogP contribution is 2.53. The molecule has 19 heavy (non-hydrogen) atoms. The molecule has 1 aromatic carbocycles. The maximum absolute atomic E-state index is 6.83. The Morgan fingerprint density at radius 2 is 1.74 bits per heavy atom. The van der Waals surface area contributed by atoms with Gasteiger partial charge in [0, 0.05) is 0 Å². The van der Waals surface area contributed by atoms with Crippen molar-refractivity contribution in [1.29, 1.82) is 0 Å². The molecule has 0 aliphatic heterocycles. The zero-order chi connectivity index (χ0) is 13.7. The first-order valence-electron chi connectivity index (χ1n) is 7.95. The molecule has 1 aliphatic rings. The molecule has 1 unspecified atom stereocenters. The predicted molar refractivity (Wildman–Crippen MR) is 84.8 cm³/mol. The van der Waals surface area contributed by atoms with E-state index in [1.54, 1.807) is 0 Å². The van der Waals surface area contributed by atoms with Crippen molar-refractivity contribution in [2.24, 2.45) is 5.41 Å². The Balaban J connectivity index is 2.08. The van der Waals surface area contributed by atoms with Gasteiger partial charge < -0.3 is 0 Å². The van der Waals surface area contributed by atoms with Crippen LogP contribution in [0.2, 0.25) is 0 Å². The molecule has 0 heterocycles. The van der Waals surface area contributed by atoms with Gasteiger partial charge in [-0.1, -0.05) is 57.4 Å². The Morgan fingerprint density at radius 3 is 2.26 bits per heavy atom. The van der Waals surface area contributed by atoms with Gasteiger partial charge in [-0.05, 0) is 48.6 Å². The van der Waals surface area contributed by atoms with Crippen LogP contribution in [0.25, 0.3) is 0 Å². The average Bonchev–Trinajstić information content (AvgIpc) is 2.95. The summed E-state index contributed by atoms with van der Waals surface area (Å²) in [5.74, 6) is 0. The van der Waals surface area contributed by atoms with Crippen molar-refractivity contribution >= 4 is 11.6 Å². The number of hydrogen-bond acceptors (Lipinski definition) is 0. The molecule has 106 valence electrons. The molecule has 1 saturated carbocycles. The number of benzene rings is 1. The lowest BCUT2D eigenvalue weighted by molar-refractivity contribution is 0.271. The van der Waals surface area contributed by atoms with E-state index in [4.69, 9.17) is 11.6 Å². The van der Waals surface area contributed by atoms with E-state index in [0.29, 0.717) is 5.41 Å². The number of halogens is 1. The van der Waals surface area contributed by atoms with E-state index in [1.807, 2.05) is 0 Å². The van der Waals surface area contributed by atoms with Gasteiger partial charge in [0.05, 0.1) is 5.38 Å². The second-order valence-corrected chi connectivity index (χ2v) is 6.57. The van der Waals surface area contributed by atoms with E-state index in [2.05, 4.69) is 38.1 Å². The van der Waals surface area contributed by atoms with Gasteiger partial charge >= 0.3 is 0 Å². The summed E-state index contributed by atoms with van der Waals surface area (Å²) in [7, 11) is 0. The molecular weight excluding hydrogens is 252 g/mol. The second kappa shape index (κ2) is 6.79. The van der Waals surface area contributed by atoms with Crippen LogP contribution in [0, 0.1) is 5.41 Å². The largest absolute Gasteiger partial charge is 0.117 e. The molecule has 0 amide bonds. The fraction of sp³-hybridized carbons (Fsp3) is 0.667. The van der Waals surface area contributed by atoms with Crippen LogP contribution in [0.5, 0.6) is 0 Å². The highest BCUT2D eigenvalue weighted by Gasteiger charge is 2.39. The topological polar surface area (TPSA) is 0 Å². The monoisotopic (exact) mass is 278 g/mol. The summed E-state index contributed by atoms with van der Waals surface area (Å²) in [5, 5.41) is 0.195. The molecule has 0 saturated heterocycles. The van der Waals surface area contributed by atoms with Crippen LogP contribution >= 0.6 is 11.6 Å². The lowest BCUT2D eigenvalue weighted by Gasteiger charge is -2.33. The Morgan fingerprint density at radius 1 is 1.11 bits per heavy atom. The molecular formula is C18H27Cl. The number of unbranched alkanes of at least 4 members (excludes halogenated alkanes) is 1. The highest BCUT2D eigenvalue weighted by atomic mass is 35.5. The highest BCUT2D eigenvalue weighted by molar-refractivity contribution is 6.21. The van der Waals surface area contributed by atoms with Crippen LogP contribution in [0.4, 0.5) is 0 Å². The summed E-state index contributed by atoms with van der Waals surface area (Å²) in [6, 6.07) is 9.08. The van der Waals surface area contributed by atoms with E-state index < -0.39 is 0 Å². The summed E-state index contributed by atoms with van der Waals surface area (Å²) in [5.41, 5.74) is 3.13. The summed E-state index contributed by atoms with van der Waals surface area (Å²) in [6.07, 6.45) is 10.3. The van der Waals surface area contributed by atoms with Crippen LogP contribution in [0.1, 0.15) is 75.3 Å². The number of aryl methyl sites for hydroxylation is 1. The van der Waals surface area contributed by atoms with Crippen molar-refractivity contribution in [1.82, 2.24) is 0 Å². The van der Waals surface area contributed by atoms with Gasteiger partial charge in [-0.3, -0.25) is 0 Å². The van der Waals surface area contributed by atoms with Crippen molar-refractivity contribution in [2.75, 3.05) is 0 Å². The quantitative estimate of drug-likeness (QED) is 0.537. The third kappa shape index (κ3) is 3.34. The SMILES string of the molecule is CCCCc1ccc(C(Cl)C2(CC)CCCC2)cc1. The third-order valence-corrected chi connectivity index (χ3v) is 5.65. The molecule has 0 N–H and O–H groups in total. The molecule has 0 radical (unpaired) electrons. The fourth-order valence-corrected chi connectivity index (χ4v) is 3.97. The van der Waals surface area contributed by atoms with E-state index in [-0.39, 0.29) is 5.38 Å². The molecule has 0 spiro atoms. The Kier molecular flexibility index (Phi) is 5.33. The lowest BCUT2D eigenvalue weighted by Crippen LogP contribution is -2.21. The van der Waals surface area contributed by atoms with Crippen molar-refractivity contribution in [3.63, 3.8) is 0 Å². The second-order valence-electron chi connectivity index (χ2n) is 6.13. The van der Waals surface area contributed by atoms with Gasteiger partial charge in [0.1, 0.15) is 0 Å². The molecule has 1 atom stereocenters. The van der Waals surface area contributed by atoms with Gasteiger partial charge in [-0.25, -0.2) is 0 Å². The molecule has 1 aliphatic carbocycles. The van der Waals surface area contributed by atoms with E-state index in [0.717, 1.165) is 0 Å². The van der Waals surface area contributed by atoms with E-state index >= 15 is 0 Å². The summed E-state index contributed by atoms with van der Waals surface area (Å²) in [4.78, 5) is 0. The Labute approximate surface area is 123 Å². The molecule has 0 bridgehead atoms. The van der Waals surface area contributed by atoms with Crippen molar-refractivity contribution in [2.45, 2.75) is 70.6 Å². The van der Waals surface area contributed by atoms with E-state index in [9.17, 15) is 0 Å². The molecule has 1 aromatic rings. The van der Waals surface area contributed by atoms with Crippen molar-refractivity contribution in [3.05, 3.63) is 35.4 Å². The van der Waals surface area contributed by atoms with Crippen LogP contribution < -0.4 is 0 Å². The van der Waals surface area contributed by atoms with Crippen LogP contribution in [0.3, 0.4) is 0 Å². The van der Waals surface area contributed by atoms with Crippen LogP contribution in [-0.4, -0.2) is 0 Å². The van der Waals surface area contributed by atoms with Crippen LogP contribution in [0.15, 0.2) is 24.3 Å². The minimum atomic E-state index is 0.195. The zero-order valence-electron chi connectivity index (χ0n) is 12.4. The van der Waals surface area contributed by atoms with Crippen molar-refractivity contribution < 1.29 is 0 Å². The van der Waals surface area contributed by atoms with E-state index in [1.165, 1.54) is 62.5 Å². The fourth-order valence-electron chi connectivity index (χ4n) is 3.45. The minimum absolute atomic E-state index is 0.195. The summed E-state index contributed by atoms with van der Waals surface area (Å²) in [6.45, 7) is 4.55. The van der Waals surface area contributed by atoms with Gasteiger partial charge in [0.15, 0.2) is 0 Å². The molecule has 2 rings (SSSR count). The molecule has 0 nitrogen and oxygen atoms in total. The van der Waals surface area contributed by atoms with Gasteiger partial charge in [-0.15, -0.1) is 11.6 Å². The maximum atomic E-state index is 6.83. The van der Waals surface area contributed by atoms with Crippen LogP contribution in [-0.2, 0) is 6.42 Å². The number of hydrogen-bond donors (Lipinski definition) is 0. The normalized spacial score (nSPS) is 19.5.